The number of aryl methyl sites for hydroxylation is 4. The highest BCUT2D eigenvalue weighted by molar-refractivity contribution is 5.86. The van der Waals surface area contributed by atoms with Crippen LogP contribution in [0.1, 0.15) is 22.3 Å². The predicted octanol–water partition coefficient (Wildman–Crippen LogP) is 7.66. The molecule has 0 saturated carbocycles. The molecule has 4 rings (SSSR count). The number of hydrogen-bond donors (Lipinski definition) is 0. The second kappa shape index (κ2) is 7.40. The minimum atomic E-state index is 0.709. The van der Waals surface area contributed by atoms with Crippen LogP contribution in [0, 0.1) is 27.7 Å². The maximum atomic E-state index is 6.25. The fourth-order valence-corrected chi connectivity index (χ4v) is 3.17. The zero-order valence-corrected chi connectivity index (χ0v) is 16.7. The summed E-state index contributed by atoms with van der Waals surface area (Å²) in [4.78, 5) is 0. The Balaban J connectivity index is 1.77. The topological polar surface area (TPSA) is 18.5 Å². The number of benzene rings is 4. The second-order valence-electron chi connectivity index (χ2n) is 7.34. The molecule has 0 radical (unpaired) electrons. The predicted molar refractivity (Wildman–Crippen MR) is 116 cm³/mol. The van der Waals surface area contributed by atoms with Crippen LogP contribution in [0.25, 0.3) is 10.8 Å². The maximum absolute atomic E-state index is 6.25. The van der Waals surface area contributed by atoms with Gasteiger partial charge in [0.1, 0.15) is 11.5 Å². The molecular formula is C26H24O2. The highest BCUT2D eigenvalue weighted by Gasteiger charge is 2.11. The summed E-state index contributed by atoms with van der Waals surface area (Å²) in [6, 6.07) is 24.6. The Morgan fingerprint density at radius 2 is 0.893 bits per heavy atom. The molecule has 0 aromatic heterocycles. The van der Waals surface area contributed by atoms with Gasteiger partial charge in [-0.2, -0.15) is 0 Å². The molecule has 4 aromatic carbocycles. The molecule has 140 valence electrons. The fourth-order valence-electron chi connectivity index (χ4n) is 3.17. The lowest BCUT2D eigenvalue weighted by molar-refractivity contribution is 0.419. The summed E-state index contributed by atoms with van der Waals surface area (Å²) in [5, 5.41) is 2.24. The Labute approximate surface area is 166 Å². The van der Waals surface area contributed by atoms with Crippen LogP contribution < -0.4 is 9.47 Å². The lowest BCUT2D eigenvalue weighted by Crippen LogP contribution is -1.93. The van der Waals surface area contributed by atoms with E-state index < -0.39 is 0 Å². The third-order valence-electron chi connectivity index (χ3n) is 5.22. The monoisotopic (exact) mass is 368 g/mol. The van der Waals surface area contributed by atoms with Gasteiger partial charge >= 0.3 is 0 Å². The zero-order valence-electron chi connectivity index (χ0n) is 16.7. The van der Waals surface area contributed by atoms with Crippen molar-refractivity contribution in [3.63, 3.8) is 0 Å². The molecular weight excluding hydrogens is 344 g/mol. The van der Waals surface area contributed by atoms with E-state index in [0.29, 0.717) is 11.5 Å². The lowest BCUT2D eigenvalue weighted by Gasteiger charge is -2.15. The van der Waals surface area contributed by atoms with E-state index in [1.165, 1.54) is 22.3 Å². The van der Waals surface area contributed by atoms with E-state index in [-0.39, 0.29) is 0 Å². The summed E-state index contributed by atoms with van der Waals surface area (Å²) >= 11 is 0. The van der Waals surface area contributed by atoms with Gasteiger partial charge in [-0.3, -0.25) is 0 Å². The van der Waals surface area contributed by atoms with Crippen LogP contribution in [-0.4, -0.2) is 0 Å². The molecule has 0 amide bonds. The third kappa shape index (κ3) is 3.72. The van der Waals surface area contributed by atoms with Crippen molar-refractivity contribution >= 4 is 10.8 Å². The molecule has 0 spiro atoms. The average molecular weight is 368 g/mol. The molecule has 0 atom stereocenters. The summed E-state index contributed by atoms with van der Waals surface area (Å²) in [6.07, 6.45) is 0. The Kier molecular flexibility index (Phi) is 4.79. The Morgan fingerprint density at radius 3 is 1.29 bits per heavy atom. The molecule has 0 aliphatic heterocycles. The Morgan fingerprint density at radius 1 is 0.464 bits per heavy atom. The first-order valence-electron chi connectivity index (χ1n) is 9.52. The number of fused-ring (bicyclic) bond motifs is 1. The summed E-state index contributed by atoms with van der Waals surface area (Å²) in [5.74, 6) is 3.03. The van der Waals surface area contributed by atoms with Gasteiger partial charge in [-0.25, -0.2) is 0 Å². The van der Waals surface area contributed by atoms with E-state index >= 15 is 0 Å². The van der Waals surface area contributed by atoms with Crippen LogP contribution in [0.15, 0.2) is 72.8 Å². The van der Waals surface area contributed by atoms with Crippen LogP contribution >= 0.6 is 0 Å². The Hall–Kier alpha value is -3.26. The van der Waals surface area contributed by atoms with E-state index in [4.69, 9.17) is 9.47 Å². The molecule has 2 heteroatoms. The van der Waals surface area contributed by atoms with Crippen molar-refractivity contribution in [3.8, 4) is 23.0 Å². The summed E-state index contributed by atoms with van der Waals surface area (Å²) in [7, 11) is 0. The molecule has 0 fully saturated rings. The summed E-state index contributed by atoms with van der Waals surface area (Å²) in [5.41, 5.74) is 4.90. The van der Waals surface area contributed by atoms with E-state index in [0.717, 1.165) is 22.3 Å². The van der Waals surface area contributed by atoms with Gasteiger partial charge in [0.15, 0.2) is 11.5 Å². The molecule has 0 aliphatic carbocycles. The molecule has 0 heterocycles. The minimum Gasteiger partial charge on any atom is -0.453 e. The Bertz CT molecular complexity index is 1070. The van der Waals surface area contributed by atoms with E-state index in [1.807, 2.05) is 36.4 Å². The van der Waals surface area contributed by atoms with E-state index in [2.05, 4.69) is 64.1 Å². The molecule has 0 aliphatic rings. The van der Waals surface area contributed by atoms with Crippen molar-refractivity contribution in [2.24, 2.45) is 0 Å². The number of hydrogen-bond acceptors (Lipinski definition) is 2. The first kappa shape index (κ1) is 18.1. The third-order valence-corrected chi connectivity index (χ3v) is 5.22. The fraction of sp³-hybridized carbons (Fsp3) is 0.154. The van der Waals surface area contributed by atoms with Crippen LogP contribution in [0.2, 0.25) is 0 Å². The summed E-state index contributed by atoms with van der Waals surface area (Å²) in [6.45, 7) is 8.39. The summed E-state index contributed by atoms with van der Waals surface area (Å²) < 4.78 is 12.5. The second-order valence-corrected chi connectivity index (χ2v) is 7.34. The van der Waals surface area contributed by atoms with Crippen molar-refractivity contribution in [2.45, 2.75) is 27.7 Å². The minimum absolute atomic E-state index is 0.709. The van der Waals surface area contributed by atoms with Gasteiger partial charge in [0.2, 0.25) is 0 Å². The van der Waals surface area contributed by atoms with Gasteiger partial charge in [-0.05, 0) is 97.1 Å². The van der Waals surface area contributed by atoms with Crippen molar-refractivity contribution < 1.29 is 9.47 Å². The van der Waals surface area contributed by atoms with Crippen molar-refractivity contribution in [2.75, 3.05) is 0 Å². The SMILES string of the molecule is Cc1ccc(Oc2cc3ccccc3cc2Oc2ccc(C)c(C)c2)cc1C. The van der Waals surface area contributed by atoms with Crippen LogP contribution in [0.4, 0.5) is 0 Å². The van der Waals surface area contributed by atoms with E-state index in [1.54, 1.807) is 0 Å². The van der Waals surface area contributed by atoms with Gasteiger partial charge in [0, 0.05) is 0 Å². The molecule has 2 nitrogen and oxygen atoms in total. The van der Waals surface area contributed by atoms with E-state index in [9.17, 15) is 0 Å². The largest absolute Gasteiger partial charge is 0.453 e. The normalized spacial score (nSPS) is 10.9. The first-order chi connectivity index (χ1) is 13.5. The quantitative estimate of drug-likeness (QED) is 0.368. The molecule has 4 aromatic rings. The van der Waals surface area contributed by atoms with Gasteiger partial charge < -0.3 is 9.47 Å². The number of rotatable bonds is 4. The molecule has 28 heavy (non-hydrogen) atoms. The molecule has 0 saturated heterocycles. The van der Waals surface area contributed by atoms with Gasteiger partial charge in [0.05, 0.1) is 0 Å². The highest BCUT2D eigenvalue weighted by Crippen LogP contribution is 2.39. The van der Waals surface area contributed by atoms with Gasteiger partial charge in [-0.1, -0.05) is 36.4 Å². The average Bonchev–Trinajstić information content (AvgIpc) is 2.68. The van der Waals surface area contributed by atoms with Gasteiger partial charge in [-0.15, -0.1) is 0 Å². The molecule has 0 unspecified atom stereocenters. The molecule has 0 N–H and O–H groups in total. The van der Waals surface area contributed by atoms with Crippen LogP contribution in [0.3, 0.4) is 0 Å². The standard InChI is InChI=1S/C26H24O2/c1-17-9-11-23(13-19(17)3)27-25-15-21-7-5-6-8-22(21)16-26(25)28-24-12-10-18(2)20(4)14-24/h5-16H,1-4H3. The smallest absolute Gasteiger partial charge is 0.170 e. The lowest BCUT2D eigenvalue weighted by atomic mass is 10.1. The zero-order chi connectivity index (χ0) is 19.7. The van der Waals surface area contributed by atoms with Crippen LogP contribution in [0.5, 0.6) is 23.0 Å². The maximum Gasteiger partial charge on any atom is 0.170 e. The van der Waals surface area contributed by atoms with Crippen LogP contribution in [-0.2, 0) is 0 Å². The molecule has 0 bridgehead atoms. The first-order valence-corrected chi connectivity index (χ1v) is 9.52. The van der Waals surface area contributed by atoms with Crippen molar-refractivity contribution in [3.05, 3.63) is 95.1 Å². The van der Waals surface area contributed by atoms with Gasteiger partial charge in [0.25, 0.3) is 0 Å². The number of ether oxygens (including phenoxy) is 2. The van der Waals surface area contributed by atoms with Crippen molar-refractivity contribution in [1.29, 1.82) is 0 Å². The highest BCUT2D eigenvalue weighted by atomic mass is 16.5. The van der Waals surface area contributed by atoms with Crippen molar-refractivity contribution in [1.82, 2.24) is 0 Å².